The molecule has 2 heterocycles. The molecule has 0 unspecified atom stereocenters. The third-order valence-corrected chi connectivity index (χ3v) is 4.21. The van der Waals surface area contributed by atoms with Crippen LogP contribution in [0.25, 0.3) is 0 Å². The Labute approximate surface area is 169 Å². The van der Waals surface area contributed by atoms with Crippen molar-refractivity contribution in [2.24, 2.45) is 9.98 Å². The molecule has 3 rings (SSSR count). The molecular formula is C20H26N4O5. The Morgan fingerprint density at radius 1 is 1.03 bits per heavy atom. The minimum atomic E-state index is -1.26. The Morgan fingerprint density at radius 3 is 2.17 bits per heavy atom. The summed E-state index contributed by atoms with van der Waals surface area (Å²) in [6.07, 6.45) is 3.33. The van der Waals surface area contributed by atoms with Crippen molar-refractivity contribution in [3.63, 3.8) is 0 Å². The Kier molecular flexibility index (Phi) is 8.84. The van der Waals surface area contributed by atoms with Gasteiger partial charge in [0.2, 0.25) is 5.96 Å². The normalized spacial score (nSPS) is 18.7. The van der Waals surface area contributed by atoms with Crippen molar-refractivity contribution in [1.82, 2.24) is 9.80 Å². The summed E-state index contributed by atoms with van der Waals surface area (Å²) in [6.45, 7) is 4.28. The number of carboxylic acids is 2. The van der Waals surface area contributed by atoms with Gasteiger partial charge in [0.15, 0.2) is 0 Å². The number of morpholine rings is 1. The molecule has 0 radical (unpaired) electrons. The highest BCUT2D eigenvalue weighted by molar-refractivity contribution is 5.97. The first-order valence-corrected chi connectivity index (χ1v) is 9.35. The number of aliphatic imine (C=N–C) groups is 2. The summed E-state index contributed by atoms with van der Waals surface area (Å²) < 4.78 is 5.44. The van der Waals surface area contributed by atoms with Crippen LogP contribution in [0.3, 0.4) is 0 Å². The summed E-state index contributed by atoms with van der Waals surface area (Å²) in [4.78, 5) is 33.1. The molecule has 1 aromatic rings. The van der Waals surface area contributed by atoms with E-state index in [1.165, 1.54) is 6.42 Å². The number of benzene rings is 1. The molecule has 0 spiro atoms. The molecule has 9 nitrogen and oxygen atoms in total. The number of para-hydroxylation sites is 1. The van der Waals surface area contributed by atoms with E-state index in [0.29, 0.717) is 12.2 Å². The average molecular weight is 402 g/mol. The molecule has 0 amide bonds. The van der Waals surface area contributed by atoms with Gasteiger partial charge < -0.3 is 24.7 Å². The van der Waals surface area contributed by atoms with E-state index in [-0.39, 0.29) is 0 Å². The first-order chi connectivity index (χ1) is 14.0. The van der Waals surface area contributed by atoms with Gasteiger partial charge in [0.1, 0.15) is 5.84 Å². The lowest BCUT2D eigenvalue weighted by Gasteiger charge is -2.28. The van der Waals surface area contributed by atoms with Crippen LogP contribution >= 0.6 is 0 Å². The zero-order valence-electron chi connectivity index (χ0n) is 16.4. The number of rotatable bonds is 3. The summed E-state index contributed by atoms with van der Waals surface area (Å²) in [7, 11) is 2.10. The van der Waals surface area contributed by atoms with Gasteiger partial charge in [-0.15, -0.1) is 0 Å². The van der Waals surface area contributed by atoms with Crippen LogP contribution in [0.4, 0.5) is 5.69 Å². The number of nitrogens with zero attached hydrogens (tertiary/aromatic N) is 4. The monoisotopic (exact) mass is 402 g/mol. The van der Waals surface area contributed by atoms with Crippen molar-refractivity contribution in [2.45, 2.75) is 12.8 Å². The molecule has 0 atom stereocenters. The first-order valence-electron chi connectivity index (χ1n) is 9.35. The molecule has 9 heteroatoms. The molecule has 2 N–H and O–H groups in total. The van der Waals surface area contributed by atoms with E-state index in [0.717, 1.165) is 56.8 Å². The zero-order chi connectivity index (χ0) is 21.1. The summed E-state index contributed by atoms with van der Waals surface area (Å²) in [5.41, 5.74) is 0.948. The molecule has 0 aromatic heterocycles. The predicted molar refractivity (Wildman–Crippen MR) is 110 cm³/mol. The molecule has 2 saturated heterocycles. The van der Waals surface area contributed by atoms with Crippen LogP contribution in [-0.4, -0.2) is 83.6 Å². The van der Waals surface area contributed by atoms with Crippen molar-refractivity contribution in [3.05, 3.63) is 42.5 Å². The third-order valence-electron chi connectivity index (χ3n) is 4.21. The molecule has 1 aromatic carbocycles. The van der Waals surface area contributed by atoms with Gasteiger partial charge in [0, 0.05) is 45.3 Å². The maximum Gasteiger partial charge on any atom is 0.328 e. The van der Waals surface area contributed by atoms with Crippen LogP contribution in [-0.2, 0) is 14.3 Å². The standard InChI is InChI=1S/C16H22N4O.C4H4O4/c1-19-9-5-8-15(19)18-16(20-10-12-21-13-11-20)17-14-6-3-2-4-7-14;5-3(6)1-2-4(7)8/h2-4,6-7H,5,8-13H2,1H3;1-2H,(H,5,6)(H,7,8)/b17-16?,18-15+;2-1+. The molecule has 2 aliphatic rings. The van der Waals surface area contributed by atoms with Crippen LogP contribution in [0.5, 0.6) is 0 Å². The van der Waals surface area contributed by atoms with Gasteiger partial charge in [-0.2, -0.15) is 4.99 Å². The van der Waals surface area contributed by atoms with Crippen LogP contribution in [0.2, 0.25) is 0 Å². The summed E-state index contributed by atoms with van der Waals surface area (Å²) in [6, 6.07) is 10.0. The number of hydrogen-bond donors (Lipinski definition) is 2. The molecule has 0 bridgehead atoms. The fourth-order valence-electron chi connectivity index (χ4n) is 2.74. The van der Waals surface area contributed by atoms with Gasteiger partial charge in [-0.25, -0.2) is 14.6 Å². The second-order valence-electron chi connectivity index (χ2n) is 6.41. The lowest BCUT2D eigenvalue weighted by atomic mass is 10.3. The van der Waals surface area contributed by atoms with Gasteiger partial charge in [0.05, 0.1) is 18.9 Å². The average Bonchev–Trinajstić information content (AvgIpc) is 3.12. The SMILES string of the molecule is CN1CCC/C1=N\C(=Nc1ccccc1)N1CCOCC1.O=C(O)/C=C/C(=O)O. The molecule has 2 fully saturated rings. The topological polar surface area (TPSA) is 115 Å². The van der Waals surface area contributed by atoms with Gasteiger partial charge in [-0.05, 0) is 18.6 Å². The molecule has 0 aliphatic carbocycles. The summed E-state index contributed by atoms with van der Waals surface area (Å²) >= 11 is 0. The highest BCUT2D eigenvalue weighted by atomic mass is 16.5. The van der Waals surface area contributed by atoms with Crippen LogP contribution in [0.1, 0.15) is 12.8 Å². The van der Waals surface area contributed by atoms with Crippen LogP contribution in [0.15, 0.2) is 52.5 Å². The molecular weight excluding hydrogens is 376 g/mol. The van der Waals surface area contributed by atoms with Crippen molar-refractivity contribution in [1.29, 1.82) is 0 Å². The minimum absolute atomic E-state index is 0.558. The lowest BCUT2D eigenvalue weighted by molar-refractivity contribution is -0.134. The van der Waals surface area contributed by atoms with Crippen molar-refractivity contribution < 1.29 is 24.5 Å². The zero-order valence-corrected chi connectivity index (χ0v) is 16.4. The van der Waals surface area contributed by atoms with E-state index in [9.17, 15) is 9.59 Å². The Morgan fingerprint density at radius 2 is 1.66 bits per heavy atom. The lowest BCUT2D eigenvalue weighted by Crippen LogP contribution is -2.40. The maximum atomic E-state index is 9.55. The van der Waals surface area contributed by atoms with Crippen molar-refractivity contribution in [2.75, 3.05) is 39.9 Å². The third kappa shape index (κ3) is 8.14. The van der Waals surface area contributed by atoms with Gasteiger partial charge >= 0.3 is 11.9 Å². The van der Waals surface area contributed by atoms with Gasteiger partial charge in [-0.3, -0.25) is 0 Å². The summed E-state index contributed by atoms with van der Waals surface area (Å²) in [5.74, 6) is -0.566. The minimum Gasteiger partial charge on any atom is -0.478 e. The fourth-order valence-corrected chi connectivity index (χ4v) is 2.74. The number of amidine groups is 1. The number of hydrogen-bond acceptors (Lipinski definition) is 4. The second kappa shape index (κ2) is 11.6. The molecule has 29 heavy (non-hydrogen) atoms. The fraction of sp³-hybridized carbons (Fsp3) is 0.400. The second-order valence-corrected chi connectivity index (χ2v) is 6.41. The van der Waals surface area contributed by atoms with Gasteiger partial charge in [0.25, 0.3) is 0 Å². The molecule has 156 valence electrons. The van der Waals surface area contributed by atoms with E-state index in [1.54, 1.807) is 0 Å². The quantitative estimate of drug-likeness (QED) is 0.450. The van der Waals surface area contributed by atoms with Crippen molar-refractivity contribution >= 4 is 29.4 Å². The van der Waals surface area contributed by atoms with Crippen LogP contribution < -0.4 is 0 Å². The van der Waals surface area contributed by atoms with E-state index in [2.05, 4.69) is 16.8 Å². The maximum absolute atomic E-state index is 9.55. The summed E-state index contributed by atoms with van der Waals surface area (Å²) in [5, 5.41) is 15.6. The number of carboxylic acid groups (broad SMARTS) is 2. The van der Waals surface area contributed by atoms with E-state index < -0.39 is 11.9 Å². The highest BCUT2D eigenvalue weighted by Crippen LogP contribution is 2.15. The van der Waals surface area contributed by atoms with Gasteiger partial charge in [-0.1, -0.05) is 18.2 Å². The van der Waals surface area contributed by atoms with E-state index in [4.69, 9.17) is 24.9 Å². The number of guanidine groups is 1. The smallest absolute Gasteiger partial charge is 0.328 e. The largest absolute Gasteiger partial charge is 0.478 e. The number of ether oxygens (including phenoxy) is 1. The van der Waals surface area contributed by atoms with E-state index in [1.807, 2.05) is 30.3 Å². The van der Waals surface area contributed by atoms with Crippen LogP contribution in [0, 0.1) is 0 Å². The Balaban J connectivity index is 0.000000321. The molecule has 2 aliphatic heterocycles. The first kappa shape index (κ1) is 22.1. The number of aliphatic carboxylic acids is 2. The van der Waals surface area contributed by atoms with Crippen molar-refractivity contribution in [3.8, 4) is 0 Å². The number of carbonyl (C=O) groups is 2. The molecule has 0 saturated carbocycles. The highest BCUT2D eigenvalue weighted by Gasteiger charge is 2.19. The number of likely N-dealkylation sites (tertiary alicyclic amines) is 1. The Hall–Kier alpha value is -3.20. The predicted octanol–water partition coefficient (Wildman–Crippen LogP) is 1.84. The Bertz CT molecular complexity index is 754. The van der Waals surface area contributed by atoms with E-state index >= 15 is 0 Å².